The molecule has 0 aromatic heterocycles. The van der Waals surface area contributed by atoms with Crippen LogP contribution in [0.15, 0.2) is 0 Å². The maximum atomic E-state index is 13.4. The maximum absolute atomic E-state index is 13.4. The molecule has 94 valence electrons. The lowest BCUT2D eigenvalue weighted by atomic mass is 10.1. The molecule has 0 radical (unpaired) electrons. The summed E-state index contributed by atoms with van der Waals surface area (Å²) in [6.07, 6.45) is -0.356. The molecule has 1 fully saturated rings. The lowest BCUT2D eigenvalue weighted by Gasteiger charge is -2.28. The molecule has 1 aliphatic rings. The van der Waals surface area contributed by atoms with Crippen LogP contribution in [-0.4, -0.2) is 29.7 Å². The quantitative estimate of drug-likeness (QED) is 0.783. The number of alkyl halides is 2. The SMILES string of the molecule is CC(C)(C)OC(=O)NC1(C(F)(F)CN)CC1. The van der Waals surface area contributed by atoms with Gasteiger partial charge in [-0.2, -0.15) is 0 Å². The van der Waals surface area contributed by atoms with Gasteiger partial charge in [0.1, 0.15) is 11.1 Å². The van der Waals surface area contributed by atoms with Gasteiger partial charge in [0, 0.05) is 0 Å². The minimum Gasteiger partial charge on any atom is -0.444 e. The first-order valence-electron chi connectivity index (χ1n) is 5.21. The van der Waals surface area contributed by atoms with Gasteiger partial charge in [0.2, 0.25) is 0 Å². The number of carbonyl (C=O) groups is 1. The number of rotatable bonds is 3. The Morgan fingerprint density at radius 3 is 2.25 bits per heavy atom. The molecule has 1 aliphatic carbocycles. The van der Waals surface area contributed by atoms with Crippen molar-refractivity contribution in [1.82, 2.24) is 5.32 Å². The molecule has 0 aromatic rings. The molecule has 0 spiro atoms. The number of carbonyl (C=O) groups excluding carboxylic acids is 1. The number of amides is 1. The van der Waals surface area contributed by atoms with Crippen LogP contribution in [0.4, 0.5) is 13.6 Å². The molecule has 1 saturated carbocycles. The number of nitrogens with two attached hydrogens (primary N) is 1. The second-order valence-electron chi connectivity index (χ2n) is 5.12. The molecule has 0 heterocycles. The number of halogens is 2. The predicted octanol–water partition coefficient (Wildman–Crippen LogP) is 1.64. The lowest BCUT2D eigenvalue weighted by Crippen LogP contribution is -2.54. The van der Waals surface area contributed by atoms with Crippen molar-refractivity contribution >= 4 is 6.09 Å². The van der Waals surface area contributed by atoms with E-state index in [0.29, 0.717) is 0 Å². The third-order valence-electron chi connectivity index (χ3n) is 2.45. The number of hydrogen-bond donors (Lipinski definition) is 2. The molecule has 0 atom stereocenters. The van der Waals surface area contributed by atoms with Crippen LogP contribution in [0.5, 0.6) is 0 Å². The average Bonchev–Trinajstić information content (AvgIpc) is 2.82. The van der Waals surface area contributed by atoms with Gasteiger partial charge in [-0.25, -0.2) is 13.6 Å². The van der Waals surface area contributed by atoms with Gasteiger partial charge in [-0.1, -0.05) is 0 Å². The van der Waals surface area contributed by atoms with Crippen LogP contribution in [0.1, 0.15) is 33.6 Å². The summed E-state index contributed by atoms with van der Waals surface area (Å²) in [7, 11) is 0. The van der Waals surface area contributed by atoms with Gasteiger partial charge in [-0.15, -0.1) is 0 Å². The minimum atomic E-state index is -3.08. The molecule has 1 amide bonds. The van der Waals surface area contributed by atoms with Crippen LogP contribution in [0, 0.1) is 0 Å². The van der Waals surface area contributed by atoms with Crippen molar-refractivity contribution < 1.29 is 18.3 Å². The zero-order chi connectivity index (χ0) is 12.6. The van der Waals surface area contributed by atoms with Crippen molar-refractivity contribution in [2.75, 3.05) is 6.54 Å². The Morgan fingerprint density at radius 1 is 1.44 bits per heavy atom. The molecular formula is C10H18F2N2O2. The summed E-state index contributed by atoms with van der Waals surface area (Å²) < 4.78 is 31.7. The molecule has 6 heteroatoms. The Balaban J connectivity index is 2.58. The standard InChI is InChI=1S/C10H18F2N2O2/c1-8(2,3)16-7(15)14-9(4-5-9)10(11,12)6-13/h4-6,13H2,1-3H3,(H,14,15). The van der Waals surface area contributed by atoms with E-state index >= 15 is 0 Å². The van der Waals surface area contributed by atoms with E-state index in [-0.39, 0.29) is 12.8 Å². The number of alkyl carbamates (subject to hydrolysis) is 1. The zero-order valence-corrected chi connectivity index (χ0v) is 9.77. The highest BCUT2D eigenvalue weighted by atomic mass is 19.3. The first-order chi connectivity index (χ1) is 7.12. The largest absolute Gasteiger partial charge is 0.444 e. The third kappa shape index (κ3) is 2.81. The van der Waals surface area contributed by atoms with Crippen molar-refractivity contribution in [3.05, 3.63) is 0 Å². The van der Waals surface area contributed by atoms with E-state index in [1.807, 2.05) is 0 Å². The van der Waals surface area contributed by atoms with E-state index in [1.54, 1.807) is 20.8 Å². The smallest absolute Gasteiger partial charge is 0.408 e. The molecule has 1 rings (SSSR count). The predicted molar refractivity (Wildman–Crippen MR) is 55.3 cm³/mol. The van der Waals surface area contributed by atoms with Gasteiger partial charge < -0.3 is 15.8 Å². The number of nitrogens with one attached hydrogen (secondary N) is 1. The van der Waals surface area contributed by atoms with Crippen molar-refractivity contribution in [2.45, 2.75) is 50.7 Å². The topological polar surface area (TPSA) is 64.3 Å². The molecule has 3 N–H and O–H groups in total. The first kappa shape index (κ1) is 13.2. The van der Waals surface area contributed by atoms with Crippen LogP contribution < -0.4 is 11.1 Å². The fourth-order valence-electron chi connectivity index (χ4n) is 1.40. The van der Waals surface area contributed by atoms with Crippen molar-refractivity contribution in [3.63, 3.8) is 0 Å². The van der Waals surface area contributed by atoms with Gasteiger partial charge in [-0.05, 0) is 33.6 Å². The van der Waals surface area contributed by atoms with Gasteiger partial charge in [-0.3, -0.25) is 0 Å². The normalized spacial score (nSPS) is 19.1. The van der Waals surface area contributed by atoms with Crippen molar-refractivity contribution in [1.29, 1.82) is 0 Å². The highest BCUT2D eigenvalue weighted by Crippen LogP contribution is 2.47. The molecule has 0 bridgehead atoms. The first-order valence-corrected chi connectivity index (χ1v) is 5.21. The molecule has 0 aliphatic heterocycles. The summed E-state index contributed by atoms with van der Waals surface area (Å²) >= 11 is 0. The van der Waals surface area contributed by atoms with E-state index in [0.717, 1.165) is 0 Å². The molecule has 0 unspecified atom stereocenters. The molecule has 0 saturated heterocycles. The van der Waals surface area contributed by atoms with E-state index < -0.39 is 29.7 Å². The second kappa shape index (κ2) is 3.84. The Kier molecular flexibility index (Phi) is 3.15. The monoisotopic (exact) mass is 236 g/mol. The fraction of sp³-hybridized carbons (Fsp3) is 0.900. The highest BCUT2D eigenvalue weighted by molar-refractivity contribution is 5.69. The second-order valence-corrected chi connectivity index (χ2v) is 5.12. The van der Waals surface area contributed by atoms with Crippen LogP contribution in [0.3, 0.4) is 0 Å². The lowest BCUT2D eigenvalue weighted by molar-refractivity contribution is -0.0434. The van der Waals surface area contributed by atoms with Crippen LogP contribution >= 0.6 is 0 Å². The van der Waals surface area contributed by atoms with Crippen LogP contribution in [0.2, 0.25) is 0 Å². The summed E-state index contributed by atoms with van der Waals surface area (Å²) in [6.45, 7) is 4.25. The average molecular weight is 236 g/mol. The summed E-state index contributed by atoms with van der Waals surface area (Å²) in [5.41, 5.74) is 2.80. The minimum absolute atomic E-state index is 0.233. The van der Waals surface area contributed by atoms with E-state index in [1.165, 1.54) is 0 Å². The fourth-order valence-corrected chi connectivity index (χ4v) is 1.40. The zero-order valence-electron chi connectivity index (χ0n) is 9.77. The maximum Gasteiger partial charge on any atom is 0.408 e. The van der Waals surface area contributed by atoms with Crippen LogP contribution in [0.25, 0.3) is 0 Å². The van der Waals surface area contributed by atoms with E-state index in [4.69, 9.17) is 10.5 Å². The van der Waals surface area contributed by atoms with Gasteiger partial charge in [0.05, 0.1) is 6.54 Å². The Morgan fingerprint density at radius 2 is 1.94 bits per heavy atom. The van der Waals surface area contributed by atoms with E-state index in [2.05, 4.69) is 5.32 Å². The number of hydrogen-bond acceptors (Lipinski definition) is 3. The van der Waals surface area contributed by atoms with Crippen molar-refractivity contribution in [3.8, 4) is 0 Å². The van der Waals surface area contributed by atoms with E-state index in [9.17, 15) is 13.6 Å². The molecule has 4 nitrogen and oxygen atoms in total. The van der Waals surface area contributed by atoms with Gasteiger partial charge in [0.15, 0.2) is 0 Å². The Labute approximate surface area is 93.5 Å². The molecule has 16 heavy (non-hydrogen) atoms. The van der Waals surface area contributed by atoms with Gasteiger partial charge >= 0.3 is 6.09 Å². The summed E-state index contributed by atoms with van der Waals surface area (Å²) in [6, 6.07) is 0. The Hall–Kier alpha value is -0.910. The number of ether oxygens (including phenoxy) is 1. The summed E-state index contributed by atoms with van der Waals surface area (Å²) in [4.78, 5) is 11.4. The summed E-state index contributed by atoms with van der Waals surface area (Å²) in [5, 5.41) is 2.22. The summed E-state index contributed by atoms with van der Waals surface area (Å²) in [5.74, 6) is -3.08. The van der Waals surface area contributed by atoms with Crippen molar-refractivity contribution in [2.24, 2.45) is 5.73 Å². The third-order valence-corrected chi connectivity index (χ3v) is 2.45. The molecule has 0 aromatic carbocycles. The highest BCUT2D eigenvalue weighted by Gasteiger charge is 2.62. The van der Waals surface area contributed by atoms with Gasteiger partial charge in [0.25, 0.3) is 5.92 Å². The molecular weight excluding hydrogens is 218 g/mol. The van der Waals surface area contributed by atoms with Crippen LogP contribution in [-0.2, 0) is 4.74 Å². The Bertz CT molecular complexity index is 283.